The predicted molar refractivity (Wildman–Crippen MR) is 74.6 cm³/mol. The minimum atomic E-state index is -0.608. The molecule has 0 saturated carbocycles. The van der Waals surface area contributed by atoms with Crippen LogP contribution in [0.4, 0.5) is 0 Å². The first-order valence-corrected chi connectivity index (χ1v) is 7.02. The molecule has 0 fully saturated rings. The molecule has 0 aromatic rings. The van der Waals surface area contributed by atoms with Crippen molar-refractivity contribution in [2.75, 3.05) is 6.54 Å². The van der Waals surface area contributed by atoms with E-state index in [0.29, 0.717) is 13.0 Å². The second-order valence-electron chi connectivity index (χ2n) is 4.51. The number of carbonyl (C=O) groups excluding carboxylic acids is 3. The van der Waals surface area contributed by atoms with Gasteiger partial charge in [0.15, 0.2) is 6.17 Å². The average Bonchev–Trinajstić information content (AvgIpc) is 2.45. The maximum atomic E-state index is 10.1. The van der Waals surface area contributed by atoms with Crippen LogP contribution in [0.2, 0.25) is 0 Å². The molecule has 0 heterocycles. The van der Waals surface area contributed by atoms with Crippen LogP contribution in [0.1, 0.15) is 57.8 Å². The third-order valence-electron chi connectivity index (χ3n) is 2.95. The fourth-order valence-electron chi connectivity index (χ4n) is 1.90. The average molecular weight is 279 g/mol. The lowest BCUT2D eigenvalue weighted by Gasteiger charge is -2.03. The minimum absolute atomic E-state index is 0.583. The second-order valence-corrected chi connectivity index (χ2v) is 4.51. The molecule has 0 spiro atoms. The lowest BCUT2D eigenvalue weighted by atomic mass is 10.1. The van der Waals surface area contributed by atoms with E-state index in [2.05, 4.69) is 15.0 Å². The molecule has 0 radical (unpaired) electrons. The Kier molecular flexibility index (Phi) is 13.8. The minimum Gasteiger partial charge on any atom is -0.211 e. The van der Waals surface area contributed by atoms with Gasteiger partial charge in [-0.1, -0.05) is 38.5 Å². The third kappa shape index (κ3) is 12.6. The van der Waals surface area contributed by atoms with Crippen LogP contribution in [0, 0.1) is 0 Å². The molecule has 0 saturated heterocycles. The van der Waals surface area contributed by atoms with E-state index in [0.717, 1.165) is 44.9 Å². The molecule has 6 nitrogen and oxygen atoms in total. The summed E-state index contributed by atoms with van der Waals surface area (Å²) in [4.78, 5) is 40.3. The van der Waals surface area contributed by atoms with E-state index in [9.17, 15) is 14.4 Å². The van der Waals surface area contributed by atoms with Crippen LogP contribution in [0.15, 0.2) is 15.0 Å². The summed E-state index contributed by atoms with van der Waals surface area (Å²) in [5.74, 6) is 0. The van der Waals surface area contributed by atoms with Gasteiger partial charge in [0.25, 0.3) is 0 Å². The monoisotopic (exact) mass is 279 g/mol. The van der Waals surface area contributed by atoms with Crippen molar-refractivity contribution >= 4 is 18.2 Å². The summed E-state index contributed by atoms with van der Waals surface area (Å²) < 4.78 is 0. The Hall–Kier alpha value is -1.86. The first kappa shape index (κ1) is 18.1. The van der Waals surface area contributed by atoms with E-state index in [4.69, 9.17) is 0 Å². The van der Waals surface area contributed by atoms with E-state index >= 15 is 0 Å². The quantitative estimate of drug-likeness (QED) is 0.295. The summed E-state index contributed by atoms with van der Waals surface area (Å²) >= 11 is 0. The van der Waals surface area contributed by atoms with Gasteiger partial charge in [-0.25, -0.2) is 19.4 Å². The van der Waals surface area contributed by atoms with E-state index in [1.165, 1.54) is 24.7 Å². The molecule has 0 rings (SSSR count). The maximum absolute atomic E-state index is 10.1. The van der Waals surface area contributed by atoms with Crippen LogP contribution >= 0.6 is 0 Å². The smallest absolute Gasteiger partial charge is 0.211 e. The third-order valence-corrected chi connectivity index (χ3v) is 2.95. The van der Waals surface area contributed by atoms with Crippen molar-refractivity contribution in [2.45, 2.75) is 64.0 Å². The van der Waals surface area contributed by atoms with Gasteiger partial charge in [-0.05, 0) is 19.3 Å². The maximum Gasteiger partial charge on any atom is 0.237 e. The highest BCUT2D eigenvalue weighted by Gasteiger charge is 2.03. The van der Waals surface area contributed by atoms with E-state index in [-0.39, 0.29) is 0 Å². The van der Waals surface area contributed by atoms with Crippen LogP contribution < -0.4 is 0 Å². The van der Waals surface area contributed by atoms with Gasteiger partial charge in [-0.3, -0.25) is 0 Å². The number of unbranched alkanes of at least 4 members (excludes halogenated alkanes) is 7. The van der Waals surface area contributed by atoms with Crippen LogP contribution in [0.25, 0.3) is 0 Å². The molecule has 0 aliphatic rings. The molecule has 0 bridgehead atoms. The second kappa shape index (κ2) is 15.2. The molecule has 20 heavy (non-hydrogen) atoms. The first-order chi connectivity index (χ1) is 9.85. The number of isocyanates is 3. The van der Waals surface area contributed by atoms with Crippen LogP contribution in [-0.2, 0) is 14.4 Å². The van der Waals surface area contributed by atoms with Crippen molar-refractivity contribution in [1.82, 2.24) is 0 Å². The van der Waals surface area contributed by atoms with Crippen molar-refractivity contribution in [3.05, 3.63) is 0 Å². The van der Waals surface area contributed by atoms with Gasteiger partial charge in [0.1, 0.15) is 0 Å². The molecular weight excluding hydrogens is 258 g/mol. The van der Waals surface area contributed by atoms with Crippen molar-refractivity contribution in [2.24, 2.45) is 15.0 Å². The number of nitrogens with zero attached hydrogens (tertiary/aromatic N) is 3. The fraction of sp³-hybridized carbons (Fsp3) is 0.786. The summed E-state index contributed by atoms with van der Waals surface area (Å²) in [6.07, 6.45) is 12.9. The zero-order valence-corrected chi connectivity index (χ0v) is 11.7. The molecule has 0 N–H and O–H groups in total. The van der Waals surface area contributed by atoms with Gasteiger partial charge < -0.3 is 0 Å². The zero-order valence-electron chi connectivity index (χ0n) is 11.7. The Bertz CT molecular complexity index is 361. The number of aliphatic imine (C=N–C) groups is 3. The molecular formula is C14H21N3O3. The molecule has 0 aliphatic heterocycles. The Morgan fingerprint density at radius 1 is 0.650 bits per heavy atom. The normalized spacial score (nSPS) is 10.8. The van der Waals surface area contributed by atoms with Crippen molar-refractivity contribution in [3.63, 3.8) is 0 Å². The molecule has 0 atom stereocenters. The lowest BCUT2D eigenvalue weighted by molar-refractivity contribution is 0.517. The van der Waals surface area contributed by atoms with Gasteiger partial charge in [0.2, 0.25) is 18.2 Å². The molecule has 0 amide bonds. The number of hydrogen-bond acceptors (Lipinski definition) is 6. The van der Waals surface area contributed by atoms with Crippen molar-refractivity contribution in [1.29, 1.82) is 0 Å². The fourth-order valence-corrected chi connectivity index (χ4v) is 1.90. The Labute approximate surface area is 119 Å². The largest absolute Gasteiger partial charge is 0.237 e. The highest BCUT2D eigenvalue weighted by molar-refractivity contribution is 5.36. The Balaban J connectivity index is 3.37. The van der Waals surface area contributed by atoms with Gasteiger partial charge in [-0.15, -0.1) is 0 Å². The molecule has 0 aromatic carbocycles. The molecule has 0 aliphatic carbocycles. The van der Waals surface area contributed by atoms with Crippen molar-refractivity contribution in [3.8, 4) is 0 Å². The highest BCUT2D eigenvalue weighted by Crippen LogP contribution is 2.12. The van der Waals surface area contributed by atoms with E-state index < -0.39 is 6.17 Å². The topological polar surface area (TPSA) is 88.3 Å². The van der Waals surface area contributed by atoms with E-state index in [1.807, 2.05) is 0 Å². The Morgan fingerprint density at radius 2 is 1.15 bits per heavy atom. The SMILES string of the molecule is O=C=NCCCCCCCCCCC(N=C=O)N=C=O. The summed E-state index contributed by atoms with van der Waals surface area (Å²) in [5.41, 5.74) is 0. The molecule has 0 unspecified atom stereocenters. The van der Waals surface area contributed by atoms with Crippen LogP contribution in [-0.4, -0.2) is 31.0 Å². The van der Waals surface area contributed by atoms with Crippen LogP contribution in [0.3, 0.4) is 0 Å². The molecule has 110 valence electrons. The predicted octanol–water partition coefficient (Wildman–Crippen LogP) is 2.83. The summed E-state index contributed by atoms with van der Waals surface area (Å²) in [5, 5.41) is 0. The lowest BCUT2D eigenvalue weighted by Crippen LogP contribution is -1.99. The van der Waals surface area contributed by atoms with Gasteiger partial charge in [0.05, 0.1) is 6.54 Å². The summed E-state index contributed by atoms with van der Waals surface area (Å²) in [7, 11) is 0. The highest BCUT2D eigenvalue weighted by atomic mass is 16.1. The van der Waals surface area contributed by atoms with Gasteiger partial charge in [0, 0.05) is 0 Å². The molecule has 6 heteroatoms. The van der Waals surface area contributed by atoms with Crippen LogP contribution in [0.5, 0.6) is 0 Å². The van der Waals surface area contributed by atoms with Crippen molar-refractivity contribution < 1.29 is 14.4 Å². The zero-order chi connectivity index (χ0) is 14.9. The summed E-state index contributed by atoms with van der Waals surface area (Å²) in [6.45, 7) is 0.583. The number of hydrogen-bond donors (Lipinski definition) is 0. The summed E-state index contributed by atoms with van der Waals surface area (Å²) in [6, 6.07) is 0. The first-order valence-electron chi connectivity index (χ1n) is 7.02. The van der Waals surface area contributed by atoms with Gasteiger partial charge in [-0.2, -0.15) is 9.98 Å². The number of rotatable bonds is 13. The standard InChI is InChI=1S/C14H21N3O3/c18-11-15-10-8-6-4-2-1-3-5-7-9-14(16-12-19)17-13-20/h14H,1-10H2. The Morgan fingerprint density at radius 3 is 1.65 bits per heavy atom. The van der Waals surface area contributed by atoms with Gasteiger partial charge >= 0.3 is 0 Å². The molecule has 0 aromatic heterocycles. The van der Waals surface area contributed by atoms with E-state index in [1.54, 1.807) is 0 Å².